The molecule has 0 unspecified atom stereocenters. The molecule has 0 bridgehead atoms. The fraction of sp³-hybridized carbons (Fsp3) is 0.889. The summed E-state index contributed by atoms with van der Waals surface area (Å²) in [6.45, 7) is 12.9. The van der Waals surface area contributed by atoms with E-state index in [-0.39, 0.29) is 11.9 Å². The Morgan fingerprint density at radius 3 is 1.10 bits per heavy atom. The largest absolute Gasteiger partial charge is 0.466 e. The minimum atomic E-state index is 0.00734. The third kappa shape index (κ3) is 36.3. The highest BCUT2D eigenvalue weighted by atomic mass is 33.1. The molecule has 62 heavy (non-hydrogen) atoms. The predicted molar refractivity (Wildman–Crippen MR) is 273 cm³/mol. The van der Waals surface area contributed by atoms with Gasteiger partial charge in [0.05, 0.1) is 13.2 Å². The molecule has 0 amide bonds. The first-order valence-electron chi connectivity index (χ1n) is 26.9. The van der Waals surface area contributed by atoms with Crippen molar-refractivity contribution in [3.63, 3.8) is 0 Å². The van der Waals surface area contributed by atoms with E-state index in [0.29, 0.717) is 37.9 Å². The monoisotopic (exact) mass is 905 g/mol. The molecule has 2 fully saturated rings. The highest BCUT2D eigenvalue weighted by molar-refractivity contribution is 8.76. The number of carbonyl (C=O) groups is 2. The molecule has 362 valence electrons. The Hall–Kier alpha value is -0.960. The Labute approximate surface area is 392 Å². The van der Waals surface area contributed by atoms with Gasteiger partial charge in [0.25, 0.3) is 0 Å². The van der Waals surface area contributed by atoms with Crippen LogP contribution in [-0.4, -0.2) is 85.7 Å². The minimum Gasteiger partial charge on any atom is -0.466 e. The van der Waals surface area contributed by atoms with Crippen LogP contribution < -0.4 is 0 Å². The smallest absolute Gasteiger partial charge is 0.305 e. The van der Waals surface area contributed by atoms with E-state index in [1.54, 1.807) is 0 Å². The predicted octanol–water partition coefficient (Wildman–Crippen LogP) is 15.7. The molecule has 0 N–H and O–H groups in total. The summed E-state index contributed by atoms with van der Waals surface area (Å²) >= 11 is 0. The van der Waals surface area contributed by atoms with E-state index >= 15 is 0 Å². The Balaban J connectivity index is 1.29. The number of hydrogen-bond acceptors (Lipinski definition) is 8. The van der Waals surface area contributed by atoms with Gasteiger partial charge in [-0.2, -0.15) is 0 Å². The van der Waals surface area contributed by atoms with E-state index in [2.05, 4.69) is 48.0 Å². The lowest BCUT2D eigenvalue weighted by molar-refractivity contribution is -0.145. The van der Waals surface area contributed by atoms with Crippen molar-refractivity contribution in [3.05, 3.63) is 24.3 Å². The lowest BCUT2D eigenvalue weighted by atomic mass is 9.94. The van der Waals surface area contributed by atoms with Crippen molar-refractivity contribution in [1.82, 2.24) is 9.80 Å². The van der Waals surface area contributed by atoms with Gasteiger partial charge >= 0.3 is 11.9 Å². The maximum Gasteiger partial charge on any atom is 0.305 e. The van der Waals surface area contributed by atoms with Crippen LogP contribution in [0.4, 0.5) is 0 Å². The summed E-state index contributed by atoms with van der Waals surface area (Å²) in [5.74, 6) is 3.81. The van der Waals surface area contributed by atoms with Crippen LogP contribution in [0.1, 0.15) is 232 Å². The molecule has 2 rings (SSSR count). The van der Waals surface area contributed by atoms with E-state index in [1.807, 2.05) is 21.6 Å². The zero-order valence-corrected chi connectivity index (χ0v) is 42.6. The second-order valence-electron chi connectivity index (χ2n) is 18.9. The minimum absolute atomic E-state index is 0.00734. The van der Waals surface area contributed by atoms with Gasteiger partial charge < -0.3 is 19.3 Å². The van der Waals surface area contributed by atoms with Gasteiger partial charge in [0.2, 0.25) is 0 Å². The zero-order valence-electron chi connectivity index (χ0n) is 40.9. The molecule has 0 aromatic carbocycles. The lowest BCUT2D eigenvalue weighted by Crippen LogP contribution is -2.36. The maximum atomic E-state index is 12.2. The summed E-state index contributed by atoms with van der Waals surface area (Å²) in [5, 5.41) is 0. The summed E-state index contributed by atoms with van der Waals surface area (Å²) in [5.41, 5.74) is 0. The average molecular weight is 906 g/mol. The SMILES string of the molecule is CCCCCCCC/C=C\CCCCCCCC(=O)OCCC1CCN(CCSSCCN2CCC(CCOC(=O)CCCCCCC/C=C\CCCCCCCC)CC2)CC1. The molecule has 0 spiro atoms. The molecule has 8 heteroatoms. The summed E-state index contributed by atoms with van der Waals surface area (Å²) in [6, 6.07) is 0. The molecule has 2 aliphatic heterocycles. The van der Waals surface area contributed by atoms with Crippen LogP contribution in [0.5, 0.6) is 0 Å². The number of likely N-dealkylation sites (tertiary alicyclic amines) is 2. The highest BCUT2D eigenvalue weighted by Crippen LogP contribution is 2.26. The Bertz CT molecular complexity index is 975. The van der Waals surface area contributed by atoms with E-state index < -0.39 is 0 Å². The van der Waals surface area contributed by atoms with Gasteiger partial charge in [-0.3, -0.25) is 9.59 Å². The van der Waals surface area contributed by atoms with Crippen LogP contribution in [-0.2, 0) is 19.1 Å². The quantitative estimate of drug-likeness (QED) is 0.0260. The summed E-state index contributed by atoms with van der Waals surface area (Å²) in [7, 11) is 4.08. The molecule has 0 aromatic rings. The first-order chi connectivity index (χ1) is 30.6. The normalized spacial score (nSPS) is 16.0. The number of carbonyl (C=O) groups excluding carboxylic acids is 2. The fourth-order valence-electron chi connectivity index (χ4n) is 8.95. The molecular weight excluding hydrogens is 805 g/mol. The number of ether oxygens (including phenoxy) is 2. The van der Waals surface area contributed by atoms with E-state index in [4.69, 9.17) is 9.47 Å². The number of rotatable bonds is 43. The molecule has 0 atom stereocenters. The molecule has 0 aromatic heterocycles. The van der Waals surface area contributed by atoms with E-state index in [1.165, 1.54) is 218 Å². The van der Waals surface area contributed by atoms with Gasteiger partial charge in [-0.25, -0.2) is 0 Å². The number of hydrogen-bond donors (Lipinski definition) is 0. The summed E-state index contributed by atoms with van der Waals surface area (Å²) in [6.07, 6.45) is 50.9. The first-order valence-corrected chi connectivity index (χ1v) is 29.4. The molecule has 2 heterocycles. The molecule has 0 radical (unpaired) electrons. The van der Waals surface area contributed by atoms with Crippen molar-refractivity contribution in [2.75, 3.05) is 64.0 Å². The molecule has 2 aliphatic rings. The van der Waals surface area contributed by atoms with Crippen LogP contribution in [0.3, 0.4) is 0 Å². The van der Waals surface area contributed by atoms with Crippen molar-refractivity contribution in [2.24, 2.45) is 11.8 Å². The number of piperidine rings is 2. The van der Waals surface area contributed by atoms with Gasteiger partial charge in [0, 0.05) is 37.4 Å². The maximum absolute atomic E-state index is 12.2. The van der Waals surface area contributed by atoms with Gasteiger partial charge in [-0.05, 0) is 141 Å². The molecular formula is C54H100N2O4S2. The van der Waals surface area contributed by atoms with Crippen LogP contribution >= 0.6 is 21.6 Å². The number of unbranched alkanes of at least 4 members (excludes halogenated alkanes) is 22. The van der Waals surface area contributed by atoms with Crippen molar-refractivity contribution < 1.29 is 19.1 Å². The first kappa shape index (κ1) is 57.2. The summed E-state index contributed by atoms with van der Waals surface area (Å²) in [4.78, 5) is 29.8. The number of allylic oxidation sites excluding steroid dienone is 4. The molecule has 6 nitrogen and oxygen atoms in total. The van der Waals surface area contributed by atoms with Gasteiger partial charge in [0.15, 0.2) is 0 Å². The number of esters is 2. The highest BCUT2D eigenvalue weighted by Gasteiger charge is 2.21. The third-order valence-electron chi connectivity index (χ3n) is 13.3. The topological polar surface area (TPSA) is 59.1 Å². The number of nitrogens with zero attached hydrogens (tertiary/aromatic N) is 2. The second kappa shape index (κ2) is 43.9. The Kier molecular flexibility index (Phi) is 40.5. The zero-order chi connectivity index (χ0) is 44.2. The summed E-state index contributed by atoms with van der Waals surface area (Å²) < 4.78 is 11.2. The standard InChI is InChI=1S/C54H100N2O4S2/c1-3-5-7-9-11-13-15-17-19-21-23-25-27-29-31-33-53(57)59-47-39-51-35-41-55(42-36-51)45-49-61-62-50-46-56-43-37-52(38-44-56)40-48-60-54(58)34-32-30-28-26-24-22-20-18-16-14-12-10-8-6-4-2/h17-20,51-52H,3-16,21-50H2,1-2H3/b19-17-,20-18-. The lowest BCUT2D eigenvalue weighted by Gasteiger charge is -2.32. The fourth-order valence-corrected chi connectivity index (χ4v) is 11.0. The van der Waals surface area contributed by atoms with Crippen molar-refractivity contribution in [1.29, 1.82) is 0 Å². The van der Waals surface area contributed by atoms with Crippen molar-refractivity contribution >= 4 is 33.5 Å². The second-order valence-corrected chi connectivity index (χ2v) is 21.6. The van der Waals surface area contributed by atoms with Crippen LogP contribution in [0.25, 0.3) is 0 Å². The Morgan fingerprint density at radius 2 is 0.758 bits per heavy atom. The molecule has 2 saturated heterocycles. The van der Waals surface area contributed by atoms with Crippen molar-refractivity contribution in [2.45, 2.75) is 232 Å². The van der Waals surface area contributed by atoms with Crippen LogP contribution in [0, 0.1) is 11.8 Å². The van der Waals surface area contributed by atoms with E-state index in [0.717, 1.165) is 38.5 Å². The van der Waals surface area contributed by atoms with Crippen molar-refractivity contribution in [3.8, 4) is 0 Å². The Morgan fingerprint density at radius 1 is 0.452 bits per heavy atom. The molecule has 0 aliphatic carbocycles. The molecule has 0 saturated carbocycles. The van der Waals surface area contributed by atoms with E-state index in [9.17, 15) is 9.59 Å². The van der Waals surface area contributed by atoms with Gasteiger partial charge in [-0.15, -0.1) is 0 Å². The van der Waals surface area contributed by atoms with Gasteiger partial charge in [-0.1, -0.05) is 162 Å². The van der Waals surface area contributed by atoms with Crippen LogP contribution in [0.15, 0.2) is 24.3 Å². The third-order valence-corrected chi connectivity index (χ3v) is 15.7. The average Bonchev–Trinajstić information content (AvgIpc) is 3.28. The van der Waals surface area contributed by atoms with Gasteiger partial charge in [0.1, 0.15) is 0 Å². The van der Waals surface area contributed by atoms with Crippen LogP contribution in [0.2, 0.25) is 0 Å².